The van der Waals surface area contributed by atoms with Crippen molar-refractivity contribution in [2.24, 2.45) is 11.7 Å². The Bertz CT molecular complexity index is 198. The van der Waals surface area contributed by atoms with Crippen LogP contribution in [0.25, 0.3) is 0 Å². The molecule has 1 aliphatic rings. The largest absolute Gasteiger partial charge is 0.324 e. The fourth-order valence-electron chi connectivity index (χ4n) is 2.69. The first kappa shape index (κ1) is 13.9. The van der Waals surface area contributed by atoms with Crippen LogP contribution in [0.4, 0.5) is 0 Å². The molecule has 0 radical (unpaired) electrons. The van der Waals surface area contributed by atoms with Crippen LogP contribution in [-0.4, -0.2) is 55.6 Å². The molecule has 0 aromatic rings. The van der Waals surface area contributed by atoms with Crippen molar-refractivity contribution in [1.29, 1.82) is 0 Å². The van der Waals surface area contributed by atoms with E-state index in [0.717, 1.165) is 12.5 Å². The number of piperidine rings is 1. The molecule has 3 nitrogen and oxygen atoms in total. The van der Waals surface area contributed by atoms with Crippen LogP contribution in [0, 0.1) is 5.92 Å². The van der Waals surface area contributed by atoms with Gasteiger partial charge in [0, 0.05) is 18.6 Å². The maximum atomic E-state index is 6.02. The lowest BCUT2D eigenvalue weighted by molar-refractivity contribution is 0.179. The molecule has 1 saturated heterocycles. The first-order valence-corrected chi connectivity index (χ1v) is 6.53. The third-order valence-corrected chi connectivity index (χ3v) is 3.32. The molecular weight excluding hydrogens is 198 g/mol. The van der Waals surface area contributed by atoms with Gasteiger partial charge in [-0.05, 0) is 66.2 Å². The van der Waals surface area contributed by atoms with Crippen molar-refractivity contribution >= 4 is 0 Å². The Labute approximate surface area is 101 Å². The Hall–Kier alpha value is -0.120. The molecule has 1 fully saturated rings. The van der Waals surface area contributed by atoms with Crippen molar-refractivity contribution < 1.29 is 0 Å². The molecule has 1 heterocycles. The Morgan fingerprint density at radius 1 is 1.44 bits per heavy atom. The highest BCUT2D eigenvalue weighted by Crippen LogP contribution is 2.18. The highest BCUT2D eigenvalue weighted by Gasteiger charge is 2.19. The van der Waals surface area contributed by atoms with Crippen molar-refractivity contribution in [2.45, 2.75) is 38.6 Å². The summed E-state index contributed by atoms with van der Waals surface area (Å²) in [6, 6.07) is 0. The minimum Gasteiger partial charge on any atom is -0.324 e. The molecule has 1 aliphatic heterocycles. The number of likely N-dealkylation sites (N-methyl/N-ethyl adjacent to an activating group) is 1. The summed E-state index contributed by atoms with van der Waals surface area (Å²) in [5.41, 5.74) is 5.95. The molecule has 1 rings (SSSR count). The average molecular weight is 227 g/mol. The van der Waals surface area contributed by atoms with E-state index < -0.39 is 0 Å². The molecule has 0 bridgehead atoms. The van der Waals surface area contributed by atoms with E-state index in [9.17, 15) is 0 Å². The summed E-state index contributed by atoms with van der Waals surface area (Å²) in [6.07, 6.45) is 4.09. The lowest BCUT2D eigenvalue weighted by Gasteiger charge is -2.32. The SMILES string of the molecule is CN1CCCC(CCN(C)CC(C)(C)N)C1. The first-order valence-electron chi connectivity index (χ1n) is 6.53. The number of hydrogen-bond donors (Lipinski definition) is 1. The molecule has 0 aliphatic carbocycles. The molecule has 96 valence electrons. The van der Waals surface area contributed by atoms with Gasteiger partial charge in [-0.25, -0.2) is 0 Å². The number of rotatable bonds is 5. The summed E-state index contributed by atoms with van der Waals surface area (Å²) in [6.45, 7) is 8.91. The van der Waals surface area contributed by atoms with Gasteiger partial charge >= 0.3 is 0 Å². The van der Waals surface area contributed by atoms with E-state index in [1.54, 1.807) is 0 Å². The van der Waals surface area contributed by atoms with E-state index in [-0.39, 0.29) is 5.54 Å². The predicted octanol–water partition coefficient (Wildman–Crippen LogP) is 1.39. The molecule has 1 atom stereocenters. The van der Waals surface area contributed by atoms with Gasteiger partial charge in [0.2, 0.25) is 0 Å². The summed E-state index contributed by atoms with van der Waals surface area (Å²) in [5, 5.41) is 0. The molecule has 1 unspecified atom stereocenters. The van der Waals surface area contributed by atoms with E-state index in [1.165, 1.54) is 38.9 Å². The van der Waals surface area contributed by atoms with Crippen molar-refractivity contribution in [3.8, 4) is 0 Å². The summed E-state index contributed by atoms with van der Waals surface area (Å²) in [7, 11) is 4.42. The molecule has 0 saturated carbocycles. The van der Waals surface area contributed by atoms with Crippen LogP contribution in [0.15, 0.2) is 0 Å². The molecule has 0 aromatic heterocycles. The van der Waals surface area contributed by atoms with Gasteiger partial charge in [-0.2, -0.15) is 0 Å². The summed E-state index contributed by atoms with van der Waals surface area (Å²) in [4.78, 5) is 4.83. The van der Waals surface area contributed by atoms with Gasteiger partial charge in [0.15, 0.2) is 0 Å². The van der Waals surface area contributed by atoms with Crippen LogP contribution in [0.5, 0.6) is 0 Å². The van der Waals surface area contributed by atoms with Crippen LogP contribution in [0.3, 0.4) is 0 Å². The summed E-state index contributed by atoms with van der Waals surface area (Å²) < 4.78 is 0. The first-order chi connectivity index (χ1) is 7.37. The van der Waals surface area contributed by atoms with Crippen molar-refractivity contribution in [1.82, 2.24) is 9.80 Å². The quantitative estimate of drug-likeness (QED) is 0.770. The Kier molecular flexibility index (Phi) is 5.22. The van der Waals surface area contributed by atoms with E-state index in [0.29, 0.717) is 0 Å². The maximum Gasteiger partial charge on any atom is 0.0225 e. The van der Waals surface area contributed by atoms with Gasteiger partial charge < -0.3 is 15.5 Å². The highest BCUT2D eigenvalue weighted by atomic mass is 15.1. The lowest BCUT2D eigenvalue weighted by Crippen LogP contribution is -2.44. The van der Waals surface area contributed by atoms with Gasteiger partial charge in [-0.1, -0.05) is 0 Å². The van der Waals surface area contributed by atoms with Crippen LogP contribution in [0.2, 0.25) is 0 Å². The van der Waals surface area contributed by atoms with E-state index in [2.05, 4.69) is 37.7 Å². The van der Waals surface area contributed by atoms with Gasteiger partial charge in [0.25, 0.3) is 0 Å². The minimum absolute atomic E-state index is 0.0713. The second-order valence-corrected chi connectivity index (χ2v) is 6.29. The van der Waals surface area contributed by atoms with Crippen LogP contribution in [0.1, 0.15) is 33.1 Å². The van der Waals surface area contributed by atoms with Crippen LogP contribution < -0.4 is 5.73 Å². The number of likely N-dealkylation sites (tertiary alicyclic amines) is 1. The average Bonchev–Trinajstić information content (AvgIpc) is 2.12. The second-order valence-electron chi connectivity index (χ2n) is 6.29. The second kappa shape index (κ2) is 5.99. The number of nitrogens with zero attached hydrogens (tertiary/aromatic N) is 2. The van der Waals surface area contributed by atoms with E-state index >= 15 is 0 Å². The van der Waals surface area contributed by atoms with Gasteiger partial charge in [0.1, 0.15) is 0 Å². The van der Waals surface area contributed by atoms with Crippen LogP contribution in [-0.2, 0) is 0 Å². The smallest absolute Gasteiger partial charge is 0.0225 e. The summed E-state index contributed by atoms with van der Waals surface area (Å²) >= 11 is 0. The predicted molar refractivity (Wildman–Crippen MR) is 70.6 cm³/mol. The van der Waals surface area contributed by atoms with Gasteiger partial charge in [0.05, 0.1) is 0 Å². The third-order valence-electron chi connectivity index (χ3n) is 3.32. The number of nitrogens with two attached hydrogens (primary N) is 1. The molecule has 16 heavy (non-hydrogen) atoms. The Morgan fingerprint density at radius 3 is 2.69 bits per heavy atom. The molecule has 0 aromatic carbocycles. The topological polar surface area (TPSA) is 32.5 Å². The van der Waals surface area contributed by atoms with Gasteiger partial charge in [-0.3, -0.25) is 0 Å². The van der Waals surface area contributed by atoms with Gasteiger partial charge in [-0.15, -0.1) is 0 Å². The van der Waals surface area contributed by atoms with Crippen molar-refractivity contribution in [3.63, 3.8) is 0 Å². The zero-order chi connectivity index (χ0) is 12.2. The Morgan fingerprint density at radius 2 is 2.12 bits per heavy atom. The number of hydrogen-bond acceptors (Lipinski definition) is 3. The van der Waals surface area contributed by atoms with Crippen molar-refractivity contribution in [3.05, 3.63) is 0 Å². The van der Waals surface area contributed by atoms with Crippen LogP contribution >= 0.6 is 0 Å². The minimum atomic E-state index is -0.0713. The maximum absolute atomic E-state index is 6.02. The molecule has 2 N–H and O–H groups in total. The zero-order valence-electron chi connectivity index (χ0n) is 11.5. The fraction of sp³-hybridized carbons (Fsp3) is 1.00. The molecule has 0 amide bonds. The molecule has 0 spiro atoms. The summed E-state index contributed by atoms with van der Waals surface area (Å²) in [5.74, 6) is 0.891. The molecule has 3 heteroatoms. The van der Waals surface area contributed by atoms with Crippen molar-refractivity contribution in [2.75, 3.05) is 40.3 Å². The Balaban J connectivity index is 2.18. The highest BCUT2D eigenvalue weighted by molar-refractivity contribution is 4.77. The lowest BCUT2D eigenvalue weighted by atomic mass is 9.95. The standard InChI is InChI=1S/C13H29N3/c1-13(2,14)11-16(4)9-7-12-6-5-8-15(3)10-12/h12H,5-11,14H2,1-4H3. The molecular formula is C13H29N3. The zero-order valence-corrected chi connectivity index (χ0v) is 11.5. The van der Waals surface area contributed by atoms with E-state index in [1.807, 2.05) is 0 Å². The monoisotopic (exact) mass is 227 g/mol. The fourth-order valence-corrected chi connectivity index (χ4v) is 2.69. The third kappa shape index (κ3) is 5.83. The normalized spacial score (nSPS) is 24.0. The van der Waals surface area contributed by atoms with E-state index in [4.69, 9.17) is 5.73 Å².